The van der Waals surface area contributed by atoms with E-state index < -0.39 is 0 Å². The van der Waals surface area contributed by atoms with Crippen molar-refractivity contribution < 1.29 is 4.74 Å². The molecule has 1 aromatic carbocycles. The Morgan fingerprint density at radius 1 is 1.33 bits per heavy atom. The second kappa shape index (κ2) is 4.63. The molecule has 1 aromatic rings. The largest absolute Gasteiger partial charge is 0.497 e. The van der Waals surface area contributed by atoms with Crippen LogP contribution in [0.15, 0.2) is 29.2 Å². The van der Waals surface area contributed by atoms with Crippen LogP contribution >= 0.6 is 23.4 Å². The minimum Gasteiger partial charge on any atom is -0.497 e. The molecule has 0 aliphatic heterocycles. The maximum absolute atomic E-state index is 5.82. The fourth-order valence-electron chi connectivity index (χ4n) is 0.842. The molecule has 1 nitrogen and oxygen atoms in total. The van der Waals surface area contributed by atoms with Gasteiger partial charge in [-0.25, -0.2) is 0 Å². The highest BCUT2D eigenvalue weighted by atomic mass is 35.5. The monoisotopic (exact) mass is 202 g/mol. The molecule has 3 heteroatoms. The van der Waals surface area contributed by atoms with Crippen LogP contribution in [0, 0.1) is 0 Å². The lowest BCUT2D eigenvalue weighted by Crippen LogP contribution is -1.84. The average molecular weight is 203 g/mol. The third-order valence-corrected chi connectivity index (χ3v) is 2.49. The quantitative estimate of drug-likeness (QED) is 0.549. The van der Waals surface area contributed by atoms with Crippen molar-refractivity contribution in [3.05, 3.63) is 24.3 Å². The molecule has 0 spiro atoms. The van der Waals surface area contributed by atoms with E-state index in [1.165, 1.54) is 4.90 Å². The first-order valence-electron chi connectivity index (χ1n) is 3.67. The Labute approximate surface area is 82.1 Å². The van der Waals surface area contributed by atoms with E-state index in [-0.39, 0.29) is 4.71 Å². The zero-order chi connectivity index (χ0) is 8.97. The zero-order valence-corrected chi connectivity index (χ0v) is 8.65. The second-order valence-corrected chi connectivity index (χ2v) is 4.66. The summed E-state index contributed by atoms with van der Waals surface area (Å²) in [6.45, 7) is 1.95. The molecule has 1 rings (SSSR count). The minimum atomic E-state index is 0.110. The zero-order valence-electron chi connectivity index (χ0n) is 7.08. The van der Waals surface area contributed by atoms with Gasteiger partial charge in [0.15, 0.2) is 0 Å². The summed E-state index contributed by atoms with van der Waals surface area (Å²) in [7, 11) is 1.66. The summed E-state index contributed by atoms with van der Waals surface area (Å²) in [5, 5.41) is 0. The highest BCUT2D eigenvalue weighted by Gasteiger charge is 1.99. The van der Waals surface area contributed by atoms with Crippen LogP contribution in [0.4, 0.5) is 0 Å². The SMILES string of the molecule is COc1ccc(SC(C)Cl)cc1. The fraction of sp³-hybridized carbons (Fsp3) is 0.333. The van der Waals surface area contributed by atoms with Gasteiger partial charge < -0.3 is 4.74 Å². The second-order valence-electron chi connectivity index (χ2n) is 2.34. The Morgan fingerprint density at radius 3 is 2.33 bits per heavy atom. The smallest absolute Gasteiger partial charge is 0.118 e. The third-order valence-electron chi connectivity index (χ3n) is 1.36. The number of methoxy groups -OCH3 is 1. The molecule has 0 aliphatic carbocycles. The molecule has 0 N–H and O–H groups in total. The molecule has 0 radical (unpaired) electrons. The Hall–Kier alpha value is -0.340. The molecule has 0 heterocycles. The van der Waals surface area contributed by atoms with Crippen molar-refractivity contribution in [1.82, 2.24) is 0 Å². The standard InChI is InChI=1S/C9H11ClOS/c1-7(10)12-9-5-3-8(11-2)4-6-9/h3-7H,1-2H3. The molecule has 0 bridgehead atoms. The van der Waals surface area contributed by atoms with Crippen LogP contribution in [0.25, 0.3) is 0 Å². The van der Waals surface area contributed by atoms with Crippen LogP contribution < -0.4 is 4.74 Å². The Bertz CT molecular complexity index is 233. The lowest BCUT2D eigenvalue weighted by molar-refractivity contribution is 0.414. The van der Waals surface area contributed by atoms with Gasteiger partial charge in [0.05, 0.1) is 11.8 Å². The minimum absolute atomic E-state index is 0.110. The van der Waals surface area contributed by atoms with Crippen LogP contribution in [0.5, 0.6) is 5.75 Å². The van der Waals surface area contributed by atoms with E-state index in [2.05, 4.69) is 0 Å². The molecule has 12 heavy (non-hydrogen) atoms. The first-order chi connectivity index (χ1) is 5.72. The number of hydrogen-bond acceptors (Lipinski definition) is 2. The number of benzene rings is 1. The molecule has 1 atom stereocenters. The summed E-state index contributed by atoms with van der Waals surface area (Å²) in [5.74, 6) is 0.876. The van der Waals surface area contributed by atoms with E-state index in [0.29, 0.717) is 0 Å². The highest BCUT2D eigenvalue weighted by Crippen LogP contribution is 2.26. The average Bonchev–Trinajstić information content (AvgIpc) is 2.05. The van der Waals surface area contributed by atoms with Gasteiger partial charge in [0, 0.05) is 4.90 Å². The number of hydrogen-bond donors (Lipinski definition) is 0. The first kappa shape index (κ1) is 9.75. The summed E-state index contributed by atoms with van der Waals surface area (Å²) < 4.78 is 5.14. The third kappa shape index (κ3) is 2.95. The number of ether oxygens (including phenoxy) is 1. The van der Waals surface area contributed by atoms with Gasteiger partial charge in [0.1, 0.15) is 5.75 Å². The van der Waals surface area contributed by atoms with Crippen LogP contribution in [0.1, 0.15) is 6.92 Å². The normalized spacial score (nSPS) is 12.6. The van der Waals surface area contributed by atoms with Crippen molar-refractivity contribution in [3.63, 3.8) is 0 Å². The maximum atomic E-state index is 5.82. The first-order valence-corrected chi connectivity index (χ1v) is 4.99. The predicted octanol–water partition coefficient (Wildman–Crippen LogP) is 3.37. The van der Waals surface area contributed by atoms with Crippen LogP contribution in [0.2, 0.25) is 0 Å². The Balaban J connectivity index is 2.65. The van der Waals surface area contributed by atoms with Crippen molar-refractivity contribution in [1.29, 1.82) is 0 Å². The van der Waals surface area contributed by atoms with Crippen LogP contribution in [-0.2, 0) is 0 Å². The van der Waals surface area contributed by atoms with Gasteiger partial charge in [0.25, 0.3) is 0 Å². The maximum Gasteiger partial charge on any atom is 0.118 e. The number of thioether (sulfide) groups is 1. The molecule has 0 saturated heterocycles. The summed E-state index contributed by atoms with van der Waals surface area (Å²) in [4.78, 5) is 1.17. The molecule has 66 valence electrons. The molecular weight excluding hydrogens is 192 g/mol. The van der Waals surface area contributed by atoms with Gasteiger partial charge in [-0.15, -0.1) is 23.4 Å². The molecule has 0 fully saturated rings. The van der Waals surface area contributed by atoms with Gasteiger partial charge in [-0.1, -0.05) is 0 Å². The number of halogens is 1. The topological polar surface area (TPSA) is 9.23 Å². The highest BCUT2D eigenvalue weighted by molar-refractivity contribution is 8.01. The molecule has 0 saturated carbocycles. The lowest BCUT2D eigenvalue weighted by Gasteiger charge is -2.03. The number of alkyl halides is 1. The van der Waals surface area contributed by atoms with Gasteiger partial charge in [-0.2, -0.15) is 0 Å². The molecule has 0 aliphatic rings. The molecule has 1 unspecified atom stereocenters. The van der Waals surface area contributed by atoms with Crippen molar-refractivity contribution in [2.45, 2.75) is 16.5 Å². The summed E-state index contributed by atoms with van der Waals surface area (Å²) in [6, 6.07) is 7.87. The van der Waals surface area contributed by atoms with E-state index in [1.54, 1.807) is 18.9 Å². The van der Waals surface area contributed by atoms with E-state index >= 15 is 0 Å². The van der Waals surface area contributed by atoms with Gasteiger partial charge in [-0.05, 0) is 31.2 Å². The van der Waals surface area contributed by atoms with Crippen LogP contribution in [-0.4, -0.2) is 11.8 Å². The van der Waals surface area contributed by atoms with Crippen molar-refractivity contribution in [2.24, 2.45) is 0 Å². The van der Waals surface area contributed by atoms with Crippen LogP contribution in [0.3, 0.4) is 0 Å². The van der Waals surface area contributed by atoms with Crippen molar-refractivity contribution in [2.75, 3.05) is 7.11 Å². The van der Waals surface area contributed by atoms with Gasteiger partial charge in [0.2, 0.25) is 0 Å². The lowest BCUT2D eigenvalue weighted by atomic mass is 10.3. The Morgan fingerprint density at radius 2 is 1.92 bits per heavy atom. The predicted molar refractivity (Wildman–Crippen MR) is 54.2 cm³/mol. The summed E-state index contributed by atoms with van der Waals surface area (Å²) in [6.07, 6.45) is 0. The van der Waals surface area contributed by atoms with E-state index in [9.17, 15) is 0 Å². The van der Waals surface area contributed by atoms with E-state index in [0.717, 1.165) is 5.75 Å². The van der Waals surface area contributed by atoms with Crippen molar-refractivity contribution in [3.8, 4) is 5.75 Å². The Kier molecular flexibility index (Phi) is 3.76. The van der Waals surface area contributed by atoms with Gasteiger partial charge >= 0.3 is 0 Å². The molecule has 0 amide bonds. The van der Waals surface area contributed by atoms with Crippen molar-refractivity contribution >= 4 is 23.4 Å². The summed E-state index contributed by atoms with van der Waals surface area (Å²) >= 11 is 7.45. The van der Waals surface area contributed by atoms with E-state index in [4.69, 9.17) is 16.3 Å². The fourth-order valence-corrected chi connectivity index (χ4v) is 1.82. The molecule has 0 aromatic heterocycles. The summed E-state index contributed by atoms with van der Waals surface area (Å²) in [5.41, 5.74) is 0. The van der Waals surface area contributed by atoms with Gasteiger partial charge in [-0.3, -0.25) is 0 Å². The number of rotatable bonds is 3. The van der Waals surface area contributed by atoms with E-state index in [1.807, 2.05) is 31.2 Å². The molecular formula is C9H11ClOS.